The lowest BCUT2D eigenvalue weighted by Crippen LogP contribution is -2.55. The van der Waals surface area contributed by atoms with Crippen molar-refractivity contribution in [2.75, 3.05) is 19.7 Å². The number of nitrogens with zero attached hydrogens (tertiary/aromatic N) is 4. The van der Waals surface area contributed by atoms with E-state index in [0.717, 1.165) is 41.7 Å². The van der Waals surface area contributed by atoms with Crippen LogP contribution in [0.4, 0.5) is 0 Å². The van der Waals surface area contributed by atoms with Gasteiger partial charge >= 0.3 is 0 Å². The Morgan fingerprint density at radius 1 is 1.33 bits per heavy atom. The SMILES string of the molecule is CCc1nc2ccc(C(O)(c3cnnn3C)C3CNC3)cc2c(Cl)c1OCC1CC1. The second-order valence-electron chi connectivity index (χ2n) is 8.41. The molecule has 1 unspecified atom stereocenters. The number of hydrogen-bond acceptors (Lipinski definition) is 6. The fourth-order valence-corrected chi connectivity index (χ4v) is 4.49. The molecule has 3 heterocycles. The van der Waals surface area contributed by atoms with Crippen molar-refractivity contribution in [3.05, 3.63) is 46.4 Å². The summed E-state index contributed by atoms with van der Waals surface area (Å²) in [6, 6.07) is 5.81. The number of nitrogens with one attached hydrogen (secondary N) is 1. The highest BCUT2D eigenvalue weighted by molar-refractivity contribution is 6.37. The maximum Gasteiger partial charge on any atom is 0.160 e. The highest BCUT2D eigenvalue weighted by atomic mass is 35.5. The lowest BCUT2D eigenvalue weighted by Gasteiger charge is -2.42. The summed E-state index contributed by atoms with van der Waals surface area (Å²) in [5.41, 5.74) is 1.87. The number of aryl methyl sites for hydroxylation is 2. The number of rotatable bonds is 7. The highest BCUT2D eigenvalue weighted by Crippen LogP contribution is 2.42. The van der Waals surface area contributed by atoms with Gasteiger partial charge in [-0.25, -0.2) is 9.67 Å². The highest BCUT2D eigenvalue weighted by Gasteiger charge is 2.45. The molecule has 2 aromatic heterocycles. The Hall–Kier alpha value is -2.22. The van der Waals surface area contributed by atoms with E-state index in [1.54, 1.807) is 17.9 Å². The fourth-order valence-electron chi connectivity index (χ4n) is 4.18. The molecule has 1 aliphatic carbocycles. The molecule has 0 bridgehead atoms. The molecule has 1 saturated heterocycles. The van der Waals surface area contributed by atoms with Gasteiger partial charge in [0.1, 0.15) is 5.60 Å². The number of benzene rings is 1. The predicted molar refractivity (Wildman–Crippen MR) is 115 cm³/mol. The van der Waals surface area contributed by atoms with Crippen LogP contribution in [0.1, 0.15) is 36.7 Å². The molecular formula is C22H26ClN5O2. The molecule has 0 radical (unpaired) electrons. The number of fused-ring (bicyclic) bond motifs is 1. The van der Waals surface area contributed by atoms with Gasteiger partial charge < -0.3 is 15.2 Å². The average molecular weight is 428 g/mol. The van der Waals surface area contributed by atoms with Crippen LogP contribution in [0.15, 0.2) is 24.4 Å². The molecule has 1 aromatic carbocycles. The van der Waals surface area contributed by atoms with Crippen molar-refractivity contribution in [2.24, 2.45) is 18.9 Å². The van der Waals surface area contributed by atoms with Crippen molar-refractivity contribution in [1.29, 1.82) is 0 Å². The van der Waals surface area contributed by atoms with Crippen molar-refractivity contribution >= 4 is 22.5 Å². The number of aliphatic hydroxyl groups is 1. The quantitative estimate of drug-likeness (QED) is 0.603. The van der Waals surface area contributed by atoms with E-state index in [2.05, 4.69) is 22.6 Å². The van der Waals surface area contributed by atoms with Crippen LogP contribution in [-0.4, -0.2) is 44.8 Å². The third kappa shape index (κ3) is 3.16. The summed E-state index contributed by atoms with van der Waals surface area (Å²) < 4.78 is 7.73. The Balaban J connectivity index is 1.63. The van der Waals surface area contributed by atoms with E-state index in [1.807, 2.05) is 18.2 Å². The van der Waals surface area contributed by atoms with E-state index in [1.165, 1.54) is 12.8 Å². The summed E-state index contributed by atoms with van der Waals surface area (Å²) in [4.78, 5) is 4.80. The third-order valence-corrected chi connectivity index (χ3v) is 6.74. The molecule has 1 aliphatic heterocycles. The summed E-state index contributed by atoms with van der Waals surface area (Å²) in [5.74, 6) is 1.31. The Labute approximate surface area is 180 Å². The zero-order chi connectivity index (χ0) is 20.9. The largest absolute Gasteiger partial charge is 0.490 e. The van der Waals surface area contributed by atoms with Gasteiger partial charge in [0, 0.05) is 31.4 Å². The molecule has 1 saturated carbocycles. The molecule has 7 nitrogen and oxygen atoms in total. The van der Waals surface area contributed by atoms with Crippen LogP contribution in [-0.2, 0) is 19.1 Å². The maximum absolute atomic E-state index is 11.9. The second kappa shape index (κ2) is 7.48. The van der Waals surface area contributed by atoms with Crippen LogP contribution in [0.2, 0.25) is 5.02 Å². The Kier molecular flexibility index (Phi) is 4.92. The molecule has 0 amide bonds. The molecule has 8 heteroatoms. The Bertz CT molecular complexity index is 1090. The van der Waals surface area contributed by atoms with E-state index in [0.29, 0.717) is 29.0 Å². The van der Waals surface area contributed by atoms with E-state index in [9.17, 15) is 5.11 Å². The normalized spacial score (nSPS) is 18.9. The van der Waals surface area contributed by atoms with Gasteiger partial charge in [0.05, 0.1) is 34.7 Å². The number of aromatic nitrogens is 4. The summed E-state index contributed by atoms with van der Waals surface area (Å²) in [6.45, 7) is 4.17. The van der Waals surface area contributed by atoms with Crippen molar-refractivity contribution in [2.45, 2.75) is 31.8 Å². The van der Waals surface area contributed by atoms with Crippen molar-refractivity contribution < 1.29 is 9.84 Å². The maximum atomic E-state index is 11.9. The molecular weight excluding hydrogens is 402 g/mol. The first kappa shape index (κ1) is 19.7. The monoisotopic (exact) mass is 427 g/mol. The molecule has 1 atom stereocenters. The Morgan fingerprint density at radius 2 is 2.13 bits per heavy atom. The Morgan fingerprint density at radius 3 is 2.73 bits per heavy atom. The number of halogens is 1. The summed E-state index contributed by atoms with van der Waals surface area (Å²) in [7, 11) is 1.80. The first-order valence-corrected chi connectivity index (χ1v) is 10.9. The standard InChI is InChI=1S/C22H26ClN5O2/c1-3-17-21(30-12-13-4-5-13)20(23)16-8-14(6-7-18(16)26-17)22(29,15-9-24-10-15)19-11-25-27-28(19)2/h6-8,11,13,15,24,29H,3-5,9-10,12H2,1-2H3. The van der Waals surface area contributed by atoms with Crippen LogP contribution in [0.5, 0.6) is 5.75 Å². The second-order valence-corrected chi connectivity index (χ2v) is 8.78. The summed E-state index contributed by atoms with van der Waals surface area (Å²) in [6.07, 6.45) is 4.80. The van der Waals surface area contributed by atoms with Gasteiger partial charge in [-0.3, -0.25) is 0 Å². The number of ether oxygens (including phenoxy) is 1. The van der Waals surface area contributed by atoms with Gasteiger partial charge in [-0.1, -0.05) is 29.8 Å². The van der Waals surface area contributed by atoms with Gasteiger partial charge in [0.25, 0.3) is 0 Å². The number of pyridine rings is 1. The topological polar surface area (TPSA) is 85.1 Å². The van der Waals surface area contributed by atoms with Crippen molar-refractivity contribution in [3.8, 4) is 5.75 Å². The molecule has 158 valence electrons. The minimum absolute atomic E-state index is 0.0133. The minimum atomic E-state index is -1.22. The third-order valence-electron chi connectivity index (χ3n) is 6.36. The van der Waals surface area contributed by atoms with Gasteiger partial charge in [-0.05, 0) is 42.9 Å². The van der Waals surface area contributed by atoms with Crippen LogP contribution in [0.25, 0.3) is 10.9 Å². The van der Waals surface area contributed by atoms with Crippen molar-refractivity contribution in [3.63, 3.8) is 0 Å². The van der Waals surface area contributed by atoms with Crippen LogP contribution < -0.4 is 10.1 Å². The first-order valence-electron chi connectivity index (χ1n) is 10.6. The average Bonchev–Trinajstić information content (AvgIpc) is 3.43. The van der Waals surface area contributed by atoms with Gasteiger partial charge in [-0.2, -0.15) is 0 Å². The molecule has 5 rings (SSSR count). The van der Waals surface area contributed by atoms with E-state index < -0.39 is 5.60 Å². The zero-order valence-corrected chi connectivity index (χ0v) is 18.0. The molecule has 2 fully saturated rings. The number of hydrogen-bond donors (Lipinski definition) is 2. The fraction of sp³-hybridized carbons (Fsp3) is 0.500. The van der Waals surface area contributed by atoms with Gasteiger partial charge in [0.2, 0.25) is 0 Å². The summed E-state index contributed by atoms with van der Waals surface area (Å²) in [5, 5.41) is 24.6. The molecule has 2 N–H and O–H groups in total. The molecule has 30 heavy (non-hydrogen) atoms. The molecule has 2 aliphatic rings. The lowest BCUT2D eigenvalue weighted by molar-refractivity contribution is -0.0140. The van der Waals surface area contributed by atoms with E-state index in [-0.39, 0.29) is 5.92 Å². The van der Waals surface area contributed by atoms with E-state index >= 15 is 0 Å². The zero-order valence-electron chi connectivity index (χ0n) is 17.2. The van der Waals surface area contributed by atoms with Crippen molar-refractivity contribution in [1.82, 2.24) is 25.3 Å². The van der Waals surface area contributed by atoms with Crippen LogP contribution in [0, 0.1) is 11.8 Å². The minimum Gasteiger partial charge on any atom is -0.490 e. The smallest absolute Gasteiger partial charge is 0.160 e. The summed E-state index contributed by atoms with van der Waals surface area (Å²) >= 11 is 6.85. The molecule has 0 spiro atoms. The van der Waals surface area contributed by atoms with Crippen LogP contribution in [0.3, 0.4) is 0 Å². The van der Waals surface area contributed by atoms with E-state index in [4.69, 9.17) is 21.3 Å². The first-order chi connectivity index (χ1) is 14.5. The predicted octanol–water partition coefficient (Wildman–Crippen LogP) is 2.82. The van der Waals surface area contributed by atoms with Gasteiger partial charge in [0.15, 0.2) is 5.75 Å². The lowest BCUT2D eigenvalue weighted by atomic mass is 9.75. The van der Waals surface area contributed by atoms with Crippen LogP contribution >= 0.6 is 11.6 Å². The van der Waals surface area contributed by atoms with Gasteiger partial charge in [-0.15, -0.1) is 5.10 Å². The molecule has 3 aromatic rings.